The Labute approximate surface area is 168 Å². The number of nitrogens with zero attached hydrogens (tertiary/aromatic N) is 2. The number of hydrogen-bond acceptors (Lipinski definition) is 7. The van der Waals surface area contributed by atoms with Crippen molar-refractivity contribution in [2.45, 2.75) is 39.2 Å². The van der Waals surface area contributed by atoms with E-state index >= 15 is 0 Å². The molecular formula is C18H27N5O6. The summed E-state index contributed by atoms with van der Waals surface area (Å²) in [6.45, 7) is 5.94. The molecule has 0 saturated heterocycles. The molecule has 160 valence electrons. The molecule has 29 heavy (non-hydrogen) atoms. The average molecular weight is 409 g/mol. The van der Waals surface area contributed by atoms with Crippen molar-refractivity contribution in [2.75, 3.05) is 25.1 Å². The van der Waals surface area contributed by atoms with E-state index in [0.29, 0.717) is 13.1 Å². The number of aromatic nitrogens is 2. The monoisotopic (exact) mass is 409 g/mol. The number of nitrogens with two attached hydrogens (primary N) is 1. The molecular weight excluding hydrogens is 382 g/mol. The van der Waals surface area contributed by atoms with Gasteiger partial charge in [-0.15, -0.1) is 0 Å². The fraction of sp³-hybridized carbons (Fsp3) is 0.500. The van der Waals surface area contributed by atoms with Crippen LogP contribution in [-0.4, -0.2) is 47.4 Å². The SMILES string of the molecule is C=C(C)C(=O)OCCOC(=O)NCCCCCCn1ccc(=O)nc1NC(N)=O. The van der Waals surface area contributed by atoms with Crippen LogP contribution in [0.2, 0.25) is 0 Å². The standard InChI is InChI=1S/C18H27N5O6/c1-13(2)15(25)28-11-12-29-18(27)20-8-5-3-4-6-9-23-10-7-14(24)21-17(23)22-16(19)26/h7,10H,1,3-6,8-9,11-12H2,2H3,(H,20,27)(H3,19,21,22,24,26). The molecule has 0 spiro atoms. The predicted molar refractivity (Wildman–Crippen MR) is 105 cm³/mol. The molecule has 11 nitrogen and oxygen atoms in total. The van der Waals surface area contributed by atoms with E-state index in [9.17, 15) is 19.2 Å². The van der Waals surface area contributed by atoms with Crippen LogP contribution >= 0.6 is 0 Å². The van der Waals surface area contributed by atoms with Crippen LogP contribution in [0.4, 0.5) is 15.5 Å². The number of carbonyl (C=O) groups excluding carboxylic acids is 3. The number of hydrogen-bond donors (Lipinski definition) is 3. The van der Waals surface area contributed by atoms with Gasteiger partial charge in [0.25, 0.3) is 5.56 Å². The van der Waals surface area contributed by atoms with Crippen molar-refractivity contribution >= 4 is 24.0 Å². The Morgan fingerprint density at radius 2 is 1.86 bits per heavy atom. The van der Waals surface area contributed by atoms with Gasteiger partial charge in [-0.25, -0.2) is 14.4 Å². The number of primary amides is 1. The van der Waals surface area contributed by atoms with Crippen LogP contribution in [0.1, 0.15) is 32.6 Å². The third kappa shape index (κ3) is 10.5. The van der Waals surface area contributed by atoms with Crippen molar-refractivity contribution in [1.29, 1.82) is 0 Å². The molecule has 0 atom stereocenters. The molecule has 0 aliphatic rings. The molecule has 0 aromatic carbocycles. The van der Waals surface area contributed by atoms with Gasteiger partial charge < -0.3 is 25.1 Å². The number of urea groups is 1. The topological polar surface area (TPSA) is 155 Å². The first-order valence-electron chi connectivity index (χ1n) is 9.17. The molecule has 1 aromatic rings. The van der Waals surface area contributed by atoms with E-state index < -0.39 is 23.7 Å². The van der Waals surface area contributed by atoms with Gasteiger partial charge in [0, 0.05) is 30.9 Å². The summed E-state index contributed by atoms with van der Waals surface area (Å²) in [5, 5.41) is 4.93. The van der Waals surface area contributed by atoms with Crippen molar-refractivity contribution < 1.29 is 23.9 Å². The first kappa shape index (κ1) is 23.7. The van der Waals surface area contributed by atoms with Gasteiger partial charge in [0.1, 0.15) is 13.2 Å². The van der Waals surface area contributed by atoms with E-state index in [1.54, 1.807) is 10.8 Å². The lowest BCUT2D eigenvalue weighted by molar-refractivity contribution is -0.139. The van der Waals surface area contributed by atoms with E-state index in [1.165, 1.54) is 13.0 Å². The van der Waals surface area contributed by atoms with Gasteiger partial charge in [-0.05, 0) is 19.8 Å². The first-order chi connectivity index (χ1) is 13.8. The molecule has 0 aliphatic carbocycles. The maximum atomic E-state index is 11.5. The third-order valence-corrected chi connectivity index (χ3v) is 3.61. The van der Waals surface area contributed by atoms with Gasteiger partial charge in [-0.1, -0.05) is 19.4 Å². The Kier molecular flexibility index (Phi) is 10.5. The Morgan fingerprint density at radius 1 is 1.17 bits per heavy atom. The van der Waals surface area contributed by atoms with Gasteiger partial charge in [0.15, 0.2) is 0 Å². The molecule has 3 amide bonds. The second-order valence-electron chi connectivity index (χ2n) is 6.17. The Hall–Kier alpha value is -3.37. The number of unbranched alkanes of at least 4 members (excludes halogenated alkanes) is 3. The van der Waals surface area contributed by atoms with Crippen LogP contribution in [0, 0.1) is 0 Å². The summed E-state index contributed by atoms with van der Waals surface area (Å²) in [5.74, 6) is -0.409. The number of anilines is 1. The minimum atomic E-state index is -0.788. The fourth-order valence-electron chi connectivity index (χ4n) is 2.21. The van der Waals surface area contributed by atoms with Gasteiger partial charge in [-0.3, -0.25) is 10.1 Å². The number of alkyl carbamates (subject to hydrolysis) is 1. The summed E-state index contributed by atoms with van der Waals surface area (Å²) in [7, 11) is 0. The number of rotatable bonds is 12. The Balaban J connectivity index is 2.12. The molecule has 4 N–H and O–H groups in total. The van der Waals surface area contributed by atoms with Crippen LogP contribution in [0.25, 0.3) is 0 Å². The van der Waals surface area contributed by atoms with Crippen molar-refractivity contribution in [3.8, 4) is 0 Å². The van der Waals surface area contributed by atoms with Gasteiger partial charge in [0.2, 0.25) is 5.95 Å². The molecule has 11 heteroatoms. The summed E-state index contributed by atoms with van der Waals surface area (Å²) in [4.78, 5) is 48.6. The first-order valence-corrected chi connectivity index (χ1v) is 9.17. The number of nitrogens with one attached hydrogen (secondary N) is 2. The second-order valence-corrected chi connectivity index (χ2v) is 6.17. The number of aryl methyl sites for hydroxylation is 1. The largest absolute Gasteiger partial charge is 0.459 e. The number of carbonyl (C=O) groups is 3. The predicted octanol–water partition coefficient (Wildman–Crippen LogP) is 1.14. The summed E-state index contributed by atoms with van der Waals surface area (Å²) in [6, 6.07) is 0.519. The molecule has 0 radical (unpaired) electrons. The van der Waals surface area contributed by atoms with Crippen LogP contribution < -0.4 is 21.9 Å². The number of ether oxygens (including phenoxy) is 2. The van der Waals surface area contributed by atoms with Gasteiger partial charge in [0.05, 0.1) is 0 Å². The quantitative estimate of drug-likeness (QED) is 0.266. The van der Waals surface area contributed by atoms with Crippen molar-refractivity contribution in [1.82, 2.24) is 14.9 Å². The highest BCUT2D eigenvalue weighted by Crippen LogP contribution is 2.06. The number of amides is 3. The average Bonchev–Trinajstić information content (AvgIpc) is 2.65. The van der Waals surface area contributed by atoms with Crippen molar-refractivity contribution in [3.63, 3.8) is 0 Å². The lowest BCUT2D eigenvalue weighted by Gasteiger charge is -2.11. The summed E-state index contributed by atoms with van der Waals surface area (Å²) in [5.41, 5.74) is 4.89. The summed E-state index contributed by atoms with van der Waals surface area (Å²) in [6.07, 6.45) is 4.26. The maximum absolute atomic E-state index is 11.5. The van der Waals surface area contributed by atoms with Gasteiger partial charge in [-0.2, -0.15) is 4.98 Å². The highest BCUT2D eigenvalue weighted by atomic mass is 16.6. The van der Waals surface area contributed by atoms with Crippen molar-refractivity contribution in [3.05, 3.63) is 34.8 Å². The normalized spacial score (nSPS) is 10.1. The van der Waals surface area contributed by atoms with Crippen LogP contribution in [0.5, 0.6) is 0 Å². The lowest BCUT2D eigenvalue weighted by Crippen LogP contribution is -2.27. The van der Waals surface area contributed by atoms with Crippen molar-refractivity contribution in [2.24, 2.45) is 5.73 Å². The lowest BCUT2D eigenvalue weighted by atomic mass is 10.2. The van der Waals surface area contributed by atoms with E-state index in [2.05, 4.69) is 22.2 Å². The highest BCUT2D eigenvalue weighted by Gasteiger charge is 2.06. The fourth-order valence-corrected chi connectivity index (χ4v) is 2.21. The summed E-state index contributed by atoms with van der Waals surface area (Å²) < 4.78 is 11.3. The van der Waals surface area contributed by atoms with Crippen LogP contribution in [0.15, 0.2) is 29.2 Å². The molecule has 0 aliphatic heterocycles. The molecule has 1 heterocycles. The Morgan fingerprint density at radius 3 is 2.55 bits per heavy atom. The summed E-state index contributed by atoms with van der Waals surface area (Å²) >= 11 is 0. The zero-order chi connectivity index (χ0) is 21.6. The molecule has 0 fully saturated rings. The van der Waals surface area contributed by atoms with E-state index in [-0.39, 0.29) is 24.7 Å². The Bertz CT molecular complexity index is 776. The van der Waals surface area contributed by atoms with Crippen LogP contribution in [-0.2, 0) is 20.8 Å². The number of esters is 1. The van der Waals surface area contributed by atoms with E-state index in [4.69, 9.17) is 15.2 Å². The molecule has 0 unspecified atom stereocenters. The van der Waals surface area contributed by atoms with E-state index in [1.807, 2.05) is 0 Å². The van der Waals surface area contributed by atoms with E-state index in [0.717, 1.165) is 25.7 Å². The minimum Gasteiger partial charge on any atom is -0.459 e. The molecule has 1 aromatic heterocycles. The molecule has 0 bridgehead atoms. The molecule has 1 rings (SSSR count). The third-order valence-electron chi connectivity index (χ3n) is 3.61. The van der Waals surface area contributed by atoms with Crippen LogP contribution in [0.3, 0.4) is 0 Å². The smallest absolute Gasteiger partial charge is 0.407 e. The zero-order valence-electron chi connectivity index (χ0n) is 16.4. The van der Waals surface area contributed by atoms with Gasteiger partial charge >= 0.3 is 18.1 Å². The molecule has 0 saturated carbocycles. The second kappa shape index (κ2) is 12.9. The maximum Gasteiger partial charge on any atom is 0.407 e. The highest BCUT2D eigenvalue weighted by molar-refractivity contribution is 5.87. The zero-order valence-corrected chi connectivity index (χ0v) is 16.4. The minimum absolute atomic E-state index is 0.0223.